The molecule has 0 aromatic carbocycles. The van der Waals surface area contributed by atoms with Gasteiger partial charge in [0, 0.05) is 0 Å². The number of rotatable bonds is 4. The molecule has 5 nitrogen and oxygen atoms in total. The van der Waals surface area contributed by atoms with Crippen LogP contribution < -0.4 is 5.32 Å². The summed E-state index contributed by atoms with van der Waals surface area (Å²) in [7, 11) is 2.85. The fourth-order valence-corrected chi connectivity index (χ4v) is 1.78. The highest BCUT2D eigenvalue weighted by Crippen LogP contribution is 2.24. The van der Waals surface area contributed by atoms with Crippen LogP contribution in [0.3, 0.4) is 0 Å². The van der Waals surface area contributed by atoms with Crippen LogP contribution in [0.15, 0.2) is 11.8 Å². The van der Waals surface area contributed by atoms with Gasteiger partial charge in [-0.2, -0.15) is 0 Å². The molecule has 1 rings (SSSR count). The highest BCUT2D eigenvalue weighted by molar-refractivity contribution is 5.94. The van der Waals surface area contributed by atoms with Gasteiger partial charge >= 0.3 is 5.97 Å². The van der Waals surface area contributed by atoms with Gasteiger partial charge in [-0.25, -0.2) is 0 Å². The Morgan fingerprint density at radius 2 is 2.25 bits per heavy atom. The number of carbonyl (C=O) groups excluding carboxylic acids is 2. The first kappa shape index (κ1) is 12.5. The van der Waals surface area contributed by atoms with Crippen molar-refractivity contribution >= 4 is 11.9 Å². The molecule has 0 aromatic rings. The van der Waals surface area contributed by atoms with E-state index in [9.17, 15) is 9.59 Å². The van der Waals surface area contributed by atoms with Gasteiger partial charge in [-0.05, 0) is 24.8 Å². The molecule has 16 heavy (non-hydrogen) atoms. The minimum Gasteiger partial charge on any atom is -0.504 e. The van der Waals surface area contributed by atoms with Crippen molar-refractivity contribution in [3.05, 3.63) is 11.8 Å². The number of hydrogen-bond acceptors (Lipinski definition) is 4. The molecular weight excluding hydrogens is 210 g/mol. The van der Waals surface area contributed by atoms with E-state index in [2.05, 4.69) is 10.1 Å². The van der Waals surface area contributed by atoms with Crippen molar-refractivity contribution in [2.75, 3.05) is 14.2 Å². The number of methoxy groups -OCH3 is 2. The molecular formula is C11H17NO4. The maximum absolute atomic E-state index is 11.4. The minimum atomic E-state index is -0.521. The van der Waals surface area contributed by atoms with Crippen LogP contribution >= 0.6 is 0 Å². The molecule has 0 heterocycles. The van der Waals surface area contributed by atoms with Gasteiger partial charge in [-0.15, -0.1) is 0 Å². The third-order valence-corrected chi connectivity index (χ3v) is 2.54. The highest BCUT2D eigenvalue weighted by atomic mass is 16.5. The van der Waals surface area contributed by atoms with Crippen molar-refractivity contribution in [2.45, 2.75) is 31.7 Å². The lowest BCUT2D eigenvalue weighted by molar-refractivity contribution is -0.143. The van der Waals surface area contributed by atoms with Crippen LogP contribution in [0.4, 0.5) is 0 Å². The Morgan fingerprint density at radius 1 is 1.50 bits per heavy atom. The molecule has 1 aliphatic rings. The molecule has 0 aromatic heterocycles. The number of ether oxygens (including phenoxy) is 2. The number of hydrogen-bond donors (Lipinski definition) is 1. The average Bonchev–Trinajstić information content (AvgIpc) is 2.66. The molecule has 0 aliphatic heterocycles. The number of nitrogens with one attached hydrogen (secondary N) is 1. The second kappa shape index (κ2) is 6.15. The van der Waals surface area contributed by atoms with E-state index in [0.717, 1.165) is 24.8 Å². The molecule has 1 unspecified atom stereocenters. The molecule has 1 saturated carbocycles. The third-order valence-electron chi connectivity index (χ3n) is 2.54. The van der Waals surface area contributed by atoms with E-state index < -0.39 is 5.97 Å². The second-order valence-corrected chi connectivity index (χ2v) is 3.69. The molecule has 1 atom stereocenters. The molecule has 5 heteroatoms. The third kappa shape index (κ3) is 3.56. The lowest BCUT2D eigenvalue weighted by atomic mass is 10.1. The summed E-state index contributed by atoms with van der Waals surface area (Å²) in [5.41, 5.74) is 1.07. The Balaban J connectivity index is 2.44. The zero-order valence-electron chi connectivity index (χ0n) is 9.62. The van der Waals surface area contributed by atoms with Crippen molar-refractivity contribution in [1.82, 2.24) is 5.32 Å². The van der Waals surface area contributed by atoms with Crippen molar-refractivity contribution in [2.24, 2.45) is 0 Å². The maximum Gasteiger partial charge on any atom is 0.315 e. The van der Waals surface area contributed by atoms with Crippen LogP contribution in [0.5, 0.6) is 0 Å². The smallest absolute Gasteiger partial charge is 0.315 e. The summed E-state index contributed by atoms with van der Waals surface area (Å²) < 4.78 is 9.36. The van der Waals surface area contributed by atoms with Gasteiger partial charge in [-0.1, -0.05) is 0 Å². The van der Waals surface area contributed by atoms with Gasteiger partial charge in [0.25, 0.3) is 0 Å². The van der Waals surface area contributed by atoms with Gasteiger partial charge in [0.2, 0.25) is 5.91 Å². The van der Waals surface area contributed by atoms with Gasteiger partial charge in [0.15, 0.2) is 0 Å². The number of carbonyl (C=O) groups is 2. The van der Waals surface area contributed by atoms with Crippen LogP contribution in [0.1, 0.15) is 25.7 Å². The van der Waals surface area contributed by atoms with Crippen LogP contribution in [0, 0.1) is 0 Å². The Morgan fingerprint density at radius 3 is 2.88 bits per heavy atom. The fourth-order valence-electron chi connectivity index (χ4n) is 1.78. The summed E-state index contributed by atoms with van der Waals surface area (Å²) >= 11 is 0. The van der Waals surface area contributed by atoms with Gasteiger partial charge in [-0.3, -0.25) is 9.59 Å². The first-order chi connectivity index (χ1) is 7.67. The van der Waals surface area contributed by atoms with Crippen LogP contribution in [0.2, 0.25) is 0 Å². The van der Waals surface area contributed by atoms with E-state index in [1.807, 2.05) is 0 Å². The van der Waals surface area contributed by atoms with E-state index in [1.54, 1.807) is 13.4 Å². The molecule has 0 spiro atoms. The largest absolute Gasteiger partial charge is 0.504 e. The van der Waals surface area contributed by atoms with E-state index in [0.29, 0.717) is 0 Å². The van der Waals surface area contributed by atoms with Crippen LogP contribution in [0.25, 0.3) is 0 Å². The second-order valence-electron chi connectivity index (χ2n) is 3.69. The first-order valence-corrected chi connectivity index (χ1v) is 5.25. The van der Waals surface area contributed by atoms with E-state index in [4.69, 9.17) is 4.74 Å². The Kier molecular flexibility index (Phi) is 4.82. The standard InChI is InChI=1S/C11H17NO4/c1-15-7-8-4-3-5-9(8)12-10(13)6-11(14)16-2/h7,9H,3-6H2,1-2H3,(H,12,13)/b8-7-. The van der Waals surface area contributed by atoms with E-state index in [-0.39, 0.29) is 18.4 Å². The zero-order valence-corrected chi connectivity index (χ0v) is 9.62. The molecule has 1 N–H and O–H groups in total. The summed E-state index contributed by atoms with van der Waals surface area (Å²) in [5, 5.41) is 2.79. The van der Waals surface area contributed by atoms with E-state index in [1.165, 1.54) is 7.11 Å². The molecule has 1 fully saturated rings. The van der Waals surface area contributed by atoms with Gasteiger partial charge < -0.3 is 14.8 Å². The Bertz CT molecular complexity index is 298. The van der Waals surface area contributed by atoms with Crippen molar-refractivity contribution < 1.29 is 19.1 Å². The zero-order chi connectivity index (χ0) is 12.0. The molecule has 0 radical (unpaired) electrons. The summed E-state index contributed by atoms with van der Waals surface area (Å²) in [5.74, 6) is -0.825. The topological polar surface area (TPSA) is 64.6 Å². The van der Waals surface area contributed by atoms with Crippen LogP contribution in [-0.4, -0.2) is 32.1 Å². The lowest BCUT2D eigenvalue weighted by Crippen LogP contribution is -2.35. The highest BCUT2D eigenvalue weighted by Gasteiger charge is 2.23. The molecule has 0 saturated heterocycles. The minimum absolute atomic E-state index is 0.00268. The van der Waals surface area contributed by atoms with Gasteiger partial charge in [0.05, 0.1) is 26.5 Å². The average molecular weight is 227 g/mol. The Hall–Kier alpha value is -1.52. The van der Waals surface area contributed by atoms with Crippen LogP contribution in [-0.2, 0) is 19.1 Å². The molecule has 1 amide bonds. The maximum atomic E-state index is 11.4. The van der Waals surface area contributed by atoms with Gasteiger partial charge in [0.1, 0.15) is 6.42 Å². The SMILES string of the molecule is CO/C=C1/CCCC1NC(=O)CC(=O)OC. The van der Waals surface area contributed by atoms with Crippen molar-refractivity contribution in [1.29, 1.82) is 0 Å². The number of esters is 1. The quantitative estimate of drug-likeness (QED) is 0.437. The summed E-state index contributed by atoms with van der Waals surface area (Å²) in [6.07, 6.45) is 4.28. The van der Waals surface area contributed by atoms with Crippen molar-refractivity contribution in [3.63, 3.8) is 0 Å². The summed E-state index contributed by atoms with van der Waals surface area (Å²) in [4.78, 5) is 22.3. The molecule has 0 bridgehead atoms. The van der Waals surface area contributed by atoms with E-state index >= 15 is 0 Å². The molecule has 90 valence electrons. The molecule has 1 aliphatic carbocycles. The normalized spacial score (nSPS) is 21.9. The van der Waals surface area contributed by atoms with Crippen molar-refractivity contribution in [3.8, 4) is 0 Å². The monoisotopic (exact) mass is 227 g/mol. The number of amides is 1. The lowest BCUT2D eigenvalue weighted by Gasteiger charge is -2.13. The predicted molar refractivity (Wildman–Crippen MR) is 57.5 cm³/mol. The summed E-state index contributed by atoms with van der Waals surface area (Å²) in [6.45, 7) is 0. The first-order valence-electron chi connectivity index (χ1n) is 5.25. The predicted octanol–water partition coefficient (Wildman–Crippen LogP) is 0.748. The summed E-state index contributed by atoms with van der Waals surface area (Å²) in [6, 6.07) is -0.00268. The fraction of sp³-hybridized carbons (Fsp3) is 0.636. The Labute approximate surface area is 94.8 Å².